The van der Waals surface area contributed by atoms with Crippen LogP contribution in [-0.4, -0.2) is 41.7 Å². The smallest absolute Gasteiger partial charge is 0.334 e. The summed E-state index contributed by atoms with van der Waals surface area (Å²) in [7, 11) is 1.26. The van der Waals surface area contributed by atoms with Crippen LogP contribution in [0.25, 0.3) is 10.6 Å². The minimum absolute atomic E-state index is 0.0157. The normalized spacial score (nSPS) is 11.9. The molecule has 0 radical (unpaired) electrons. The Morgan fingerprint density at radius 2 is 2.26 bits per heavy atom. The summed E-state index contributed by atoms with van der Waals surface area (Å²) in [5, 5.41) is 13.6. The van der Waals surface area contributed by atoms with Crippen molar-refractivity contribution in [3.8, 4) is 10.6 Å². The Morgan fingerprint density at radius 3 is 2.91 bits per heavy atom. The Kier molecular flexibility index (Phi) is 5.78. The van der Waals surface area contributed by atoms with Gasteiger partial charge in [0.05, 0.1) is 18.7 Å². The number of rotatable bonds is 7. The summed E-state index contributed by atoms with van der Waals surface area (Å²) >= 11 is 1.31. The van der Waals surface area contributed by atoms with Crippen molar-refractivity contribution >= 4 is 23.2 Å². The van der Waals surface area contributed by atoms with Gasteiger partial charge in [-0.25, -0.2) is 14.2 Å². The van der Waals surface area contributed by atoms with Gasteiger partial charge in [-0.3, -0.25) is 4.79 Å². The fourth-order valence-electron chi connectivity index (χ4n) is 1.85. The van der Waals surface area contributed by atoms with Crippen LogP contribution in [0.15, 0.2) is 29.6 Å². The van der Waals surface area contributed by atoms with E-state index in [1.165, 1.54) is 30.6 Å². The first kappa shape index (κ1) is 17.0. The number of hydrogen-bond acceptors (Lipinski definition) is 5. The Balaban J connectivity index is 1.94. The summed E-state index contributed by atoms with van der Waals surface area (Å²) in [5.74, 6) is -1.85. The van der Waals surface area contributed by atoms with Gasteiger partial charge in [-0.2, -0.15) is 0 Å². The minimum Gasteiger partial charge on any atom is -0.479 e. The first-order chi connectivity index (χ1) is 11.0. The molecule has 0 bridgehead atoms. The lowest BCUT2D eigenvalue weighted by molar-refractivity contribution is -0.148. The summed E-state index contributed by atoms with van der Waals surface area (Å²) in [6.07, 6.45) is -1.07. The molecule has 2 N–H and O–H groups in total. The second kappa shape index (κ2) is 7.80. The molecule has 0 spiro atoms. The number of carboxylic acids is 1. The van der Waals surface area contributed by atoms with Crippen LogP contribution < -0.4 is 5.32 Å². The number of aliphatic carboxylic acids is 1. The summed E-state index contributed by atoms with van der Waals surface area (Å²) < 4.78 is 17.9. The molecule has 0 aliphatic rings. The number of ether oxygens (including phenoxy) is 1. The molecule has 1 unspecified atom stereocenters. The number of halogens is 1. The molecule has 0 aliphatic carbocycles. The highest BCUT2D eigenvalue weighted by atomic mass is 32.1. The molecule has 1 aromatic heterocycles. The second-order valence-electron chi connectivity index (χ2n) is 4.70. The van der Waals surface area contributed by atoms with Gasteiger partial charge in [0, 0.05) is 18.1 Å². The molecule has 0 fully saturated rings. The third-order valence-corrected chi connectivity index (χ3v) is 3.95. The molecule has 122 valence electrons. The molecule has 1 atom stereocenters. The van der Waals surface area contributed by atoms with Crippen molar-refractivity contribution in [1.29, 1.82) is 0 Å². The fraction of sp³-hybridized carbons (Fsp3) is 0.267. The van der Waals surface area contributed by atoms with Crippen LogP contribution in [0.5, 0.6) is 0 Å². The van der Waals surface area contributed by atoms with E-state index >= 15 is 0 Å². The monoisotopic (exact) mass is 338 g/mol. The maximum atomic E-state index is 13.2. The predicted molar refractivity (Wildman–Crippen MR) is 82.7 cm³/mol. The third kappa shape index (κ3) is 4.83. The summed E-state index contributed by atoms with van der Waals surface area (Å²) in [5.41, 5.74) is 1.18. The lowest BCUT2D eigenvalue weighted by Crippen LogP contribution is -2.38. The van der Waals surface area contributed by atoms with E-state index in [1.54, 1.807) is 17.5 Å². The molecule has 6 nitrogen and oxygen atoms in total. The maximum Gasteiger partial charge on any atom is 0.334 e. The van der Waals surface area contributed by atoms with Crippen molar-refractivity contribution in [2.45, 2.75) is 12.5 Å². The van der Waals surface area contributed by atoms with Gasteiger partial charge in [0.15, 0.2) is 6.10 Å². The zero-order chi connectivity index (χ0) is 16.8. The Bertz CT molecular complexity index is 704. The molecule has 1 aromatic carbocycles. The maximum absolute atomic E-state index is 13.2. The topological polar surface area (TPSA) is 88.5 Å². The van der Waals surface area contributed by atoms with Crippen LogP contribution in [0, 0.1) is 5.82 Å². The Hall–Kier alpha value is -2.32. The molecule has 1 heterocycles. The summed E-state index contributed by atoms with van der Waals surface area (Å²) in [6, 6.07) is 6.05. The van der Waals surface area contributed by atoms with Crippen LogP contribution in [-0.2, 0) is 20.7 Å². The second-order valence-corrected chi connectivity index (χ2v) is 5.56. The predicted octanol–water partition coefficient (Wildman–Crippen LogP) is 1.71. The van der Waals surface area contributed by atoms with E-state index in [-0.39, 0.29) is 24.7 Å². The van der Waals surface area contributed by atoms with Crippen molar-refractivity contribution in [2.75, 3.05) is 13.7 Å². The van der Waals surface area contributed by atoms with E-state index < -0.39 is 12.1 Å². The molecule has 1 amide bonds. The average Bonchev–Trinajstić information content (AvgIpc) is 2.96. The van der Waals surface area contributed by atoms with Gasteiger partial charge in [0.1, 0.15) is 10.8 Å². The number of methoxy groups -OCH3 is 1. The van der Waals surface area contributed by atoms with Gasteiger partial charge < -0.3 is 15.2 Å². The lowest BCUT2D eigenvalue weighted by Gasteiger charge is -2.10. The molecule has 0 aliphatic heterocycles. The summed E-state index contributed by atoms with van der Waals surface area (Å²) in [4.78, 5) is 26.9. The van der Waals surface area contributed by atoms with E-state index in [2.05, 4.69) is 10.3 Å². The molecular weight excluding hydrogens is 323 g/mol. The number of hydrogen-bond donors (Lipinski definition) is 2. The average molecular weight is 338 g/mol. The number of aromatic nitrogens is 1. The third-order valence-electron chi connectivity index (χ3n) is 3.01. The van der Waals surface area contributed by atoms with Gasteiger partial charge in [-0.05, 0) is 12.1 Å². The van der Waals surface area contributed by atoms with Crippen LogP contribution in [0.3, 0.4) is 0 Å². The van der Waals surface area contributed by atoms with Gasteiger partial charge in [0.2, 0.25) is 5.91 Å². The quantitative estimate of drug-likeness (QED) is 0.802. The fourth-order valence-corrected chi connectivity index (χ4v) is 2.66. The highest BCUT2D eigenvalue weighted by molar-refractivity contribution is 7.13. The van der Waals surface area contributed by atoms with E-state index in [1.807, 2.05) is 0 Å². The molecule has 0 saturated heterocycles. The highest BCUT2D eigenvalue weighted by Crippen LogP contribution is 2.24. The summed E-state index contributed by atoms with van der Waals surface area (Å²) in [6.45, 7) is -0.119. The molecule has 8 heteroatoms. The number of nitrogens with zero attached hydrogens (tertiary/aromatic N) is 1. The van der Waals surface area contributed by atoms with Gasteiger partial charge >= 0.3 is 5.97 Å². The molecule has 2 aromatic rings. The molecule has 23 heavy (non-hydrogen) atoms. The van der Waals surface area contributed by atoms with Crippen molar-refractivity contribution in [3.63, 3.8) is 0 Å². The highest BCUT2D eigenvalue weighted by Gasteiger charge is 2.17. The van der Waals surface area contributed by atoms with E-state index in [0.29, 0.717) is 16.3 Å². The van der Waals surface area contributed by atoms with Crippen LogP contribution in [0.4, 0.5) is 4.39 Å². The van der Waals surface area contributed by atoms with Crippen LogP contribution in [0.2, 0.25) is 0 Å². The number of amides is 1. The number of carbonyl (C=O) groups is 2. The van der Waals surface area contributed by atoms with Gasteiger partial charge in [0.25, 0.3) is 0 Å². The molecule has 2 rings (SSSR count). The first-order valence-corrected chi connectivity index (χ1v) is 7.60. The van der Waals surface area contributed by atoms with Gasteiger partial charge in [-0.1, -0.05) is 12.1 Å². The van der Waals surface area contributed by atoms with Crippen molar-refractivity contribution in [1.82, 2.24) is 10.3 Å². The van der Waals surface area contributed by atoms with Crippen LogP contribution >= 0.6 is 11.3 Å². The van der Waals surface area contributed by atoms with Crippen LogP contribution in [0.1, 0.15) is 5.69 Å². The Labute approximate surface area is 135 Å². The number of carbonyl (C=O) groups excluding carboxylic acids is 1. The van der Waals surface area contributed by atoms with E-state index in [0.717, 1.165) is 0 Å². The van der Waals surface area contributed by atoms with Crippen molar-refractivity contribution in [3.05, 3.63) is 41.2 Å². The van der Waals surface area contributed by atoms with Gasteiger partial charge in [-0.15, -0.1) is 11.3 Å². The van der Waals surface area contributed by atoms with Crippen molar-refractivity contribution in [2.24, 2.45) is 0 Å². The largest absolute Gasteiger partial charge is 0.479 e. The number of nitrogens with one attached hydrogen (secondary N) is 1. The molecular formula is C15H15FN2O4S. The standard InChI is InChI=1S/C15H15FN2O4S/c1-22-12(15(20)21)7-17-13(19)6-11-8-23-14(18-11)9-3-2-4-10(16)5-9/h2-5,8,12H,6-7H2,1H3,(H,17,19)(H,20,21). The number of thiazole rings is 1. The Morgan fingerprint density at radius 1 is 1.48 bits per heavy atom. The number of carboxylic acid groups (broad SMARTS) is 1. The van der Waals surface area contributed by atoms with Crippen molar-refractivity contribution < 1.29 is 23.8 Å². The van der Waals surface area contributed by atoms with E-state index in [4.69, 9.17) is 9.84 Å². The zero-order valence-electron chi connectivity index (χ0n) is 12.3. The SMILES string of the molecule is COC(CNC(=O)Cc1csc(-c2cccc(F)c2)n1)C(=O)O. The minimum atomic E-state index is -1.14. The van der Waals surface area contributed by atoms with E-state index in [9.17, 15) is 14.0 Å². The first-order valence-electron chi connectivity index (χ1n) is 6.72. The lowest BCUT2D eigenvalue weighted by atomic mass is 10.2. The molecule has 0 saturated carbocycles. The number of benzene rings is 1. The zero-order valence-corrected chi connectivity index (χ0v) is 13.1.